The Balaban J connectivity index is 1.21. The van der Waals surface area contributed by atoms with Gasteiger partial charge in [-0.3, -0.25) is 14.8 Å². The van der Waals surface area contributed by atoms with Crippen LogP contribution in [0.2, 0.25) is 0 Å². The molecule has 1 saturated heterocycles. The van der Waals surface area contributed by atoms with Crippen LogP contribution in [-0.4, -0.2) is 62.2 Å². The highest BCUT2D eigenvalue weighted by Crippen LogP contribution is 2.19. The maximum absolute atomic E-state index is 12.9. The molecule has 0 spiro atoms. The number of nitrogens with zero attached hydrogens (tertiary/aromatic N) is 5. The van der Waals surface area contributed by atoms with E-state index in [9.17, 15) is 4.79 Å². The molecule has 1 N–H and O–H groups in total. The van der Waals surface area contributed by atoms with Crippen LogP contribution < -0.4 is 0 Å². The zero-order valence-corrected chi connectivity index (χ0v) is 15.8. The number of hydrogen-bond acceptors (Lipinski definition) is 6. The van der Waals surface area contributed by atoms with Crippen LogP contribution in [0.3, 0.4) is 0 Å². The number of fused-ring (bicyclic) bond motifs is 1. The Morgan fingerprint density at radius 2 is 1.76 bits per heavy atom. The summed E-state index contributed by atoms with van der Waals surface area (Å²) in [5.74, 6) is 1.15. The van der Waals surface area contributed by atoms with Gasteiger partial charge >= 0.3 is 0 Å². The third-order valence-corrected chi connectivity index (χ3v) is 5.19. The molecule has 5 rings (SSSR count). The standard InChI is InChI=1S/C21H20N6O2/c28-21(19-16-8-4-5-9-17(16)23-24-19)27-12-10-26(11-13-27)14-18-22-20(25-29-18)15-6-2-1-3-7-15/h1-9H,10-14H2,(H,23,24). The number of aromatic nitrogens is 4. The van der Waals surface area contributed by atoms with E-state index in [0.717, 1.165) is 29.6 Å². The summed E-state index contributed by atoms with van der Waals surface area (Å²) < 4.78 is 5.41. The van der Waals surface area contributed by atoms with Crippen molar-refractivity contribution in [2.24, 2.45) is 0 Å². The van der Waals surface area contributed by atoms with Crippen molar-refractivity contribution in [1.82, 2.24) is 30.1 Å². The second-order valence-corrected chi connectivity index (χ2v) is 7.06. The fourth-order valence-electron chi connectivity index (χ4n) is 3.60. The number of benzene rings is 2. The highest BCUT2D eigenvalue weighted by atomic mass is 16.5. The van der Waals surface area contributed by atoms with Crippen molar-refractivity contribution in [3.05, 3.63) is 66.2 Å². The summed E-state index contributed by atoms with van der Waals surface area (Å²) in [4.78, 5) is 21.4. The largest absolute Gasteiger partial charge is 0.338 e. The summed E-state index contributed by atoms with van der Waals surface area (Å²) in [5.41, 5.74) is 2.29. The molecule has 0 radical (unpaired) electrons. The van der Waals surface area contributed by atoms with Crippen LogP contribution >= 0.6 is 0 Å². The van der Waals surface area contributed by atoms with Gasteiger partial charge in [-0.2, -0.15) is 10.1 Å². The van der Waals surface area contributed by atoms with Gasteiger partial charge in [0.2, 0.25) is 11.7 Å². The minimum Gasteiger partial charge on any atom is -0.338 e. The molecule has 2 aromatic heterocycles. The van der Waals surface area contributed by atoms with Gasteiger partial charge in [-0.15, -0.1) is 0 Å². The first-order valence-corrected chi connectivity index (χ1v) is 9.61. The second-order valence-electron chi connectivity index (χ2n) is 7.06. The molecule has 1 aliphatic rings. The zero-order valence-electron chi connectivity index (χ0n) is 15.8. The SMILES string of the molecule is O=C(c1n[nH]c2ccccc12)N1CCN(Cc2nc(-c3ccccc3)no2)CC1. The van der Waals surface area contributed by atoms with Crippen LogP contribution in [0.1, 0.15) is 16.4 Å². The lowest BCUT2D eigenvalue weighted by Gasteiger charge is -2.33. The average Bonchev–Trinajstić information content (AvgIpc) is 3.42. The van der Waals surface area contributed by atoms with Gasteiger partial charge in [0.05, 0.1) is 12.1 Å². The molecule has 2 aromatic carbocycles. The molecule has 0 unspecified atom stereocenters. The van der Waals surface area contributed by atoms with Crippen LogP contribution in [0, 0.1) is 0 Å². The topological polar surface area (TPSA) is 91.2 Å². The van der Waals surface area contributed by atoms with E-state index in [0.29, 0.717) is 37.0 Å². The van der Waals surface area contributed by atoms with Crippen molar-refractivity contribution < 1.29 is 9.32 Å². The van der Waals surface area contributed by atoms with E-state index >= 15 is 0 Å². The predicted octanol–water partition coefficient (Wildman–Crippen LogP) is 2.57. The first-order chi connectivity index (χ1) is 14.3. The summed E-state index contributed by atoms with van der Waals surface area (Å²) >= 11 is 0. The monoisotopic (exact) mass is 388 g/mol. The van der Waals surface area contributed by atoms with Gasteiger partial charge in [0, 0.05) is 37.1 Å². The molecule has 4 aromatic rings. The Morgan fingerprint density at radius 3 is 2.59 bits per heavy atom. The van der Waals surface area contributed by atoms with Crippen LogP contribution in [0.25, 0.3) is 22.3 Å². The molecule has 29 heavy (non-hydrogen) atoms. The number of carbonyl (C=O) groups is 1. The number of piperazine rings is 1. The van der Waals surface area contributed by atoms with E-state index < -0.39 is 0 Å². The number of aromatic amines is 1. The van der Waals surface area contributed by atoms with Crippen LogP contribution in [-0.2, 0) is 6.54 Å². The summed E-state index contributed by atoms with van der Waals surface area (Å²) in [5, 5.41) is 12.1. The fourth-order valence-corrected chi connectivity index (χ4v) is 3.60. The first kappa shape index (κ1) is 17.6. The van der Waals surface area contributed by atoms with Gasteiger partial charge < -0.3 is 9.42 Å². The number of para-hydroxylation sites is 1. The predicted molar refractivity (Wildman–Crippen MR) is 107 cm³/mol. The molecule has 0 bridgehead atoms. The zero-order chi connectivity index (χ0) is 19.6. The van der Waals surface area contributed by atoms with E-state index in [1.54, 1.807) is 0 Å². The number of carbonyl (C=O) groups excluding carboxylic acids is 1. The van der Waals surface area contributed by atoms with E-state index in [-0.39, 0.29) is 5.91 Å². The van der Waals surface area contributed by atoms with Gasteiger partial charge in [0.25, 0.3) is 5.91 Å². The average molecular weight is 388 g/mol. The van der Waals surface area contributed by atoms with Crippen molar-refractivity contribution in [3.8, 4) is 11.4 Å². The highest BCUT2D eigenvalue weighted by Gasteiger charge is 2.26. The van der Waals surface area contributed by atoms with E-state index in [1.165, 1.54) is 0 Å². The molecular weight excluding hydrogens is 368 g/mol. The third kappa shape index (κ3) is 3.50. The number of H-pyrrole nitrogens is 1. The lowest BCUT2D eigenvalue weighted by atomic mass is 10.2. The van der Waals surface area contributed by atoms with Crippen molar-refractivity contribution in [1.29, 1.82) is 0 Å². The molecule has 1 fully saturated rings. The quantitative estimate of drug-likeness (QED) is 0.578. The maximum Gasteiger partial charge on any atom is 0.275 e. The molecule has 146 valence electrons. The number of amides is 1. The van der Waals surface area contributed by atoms with Gasteiger partial charge in [0.1, 0.15) is 0 Å². The summed E-state index contributed by atoms with van der Waals surface area (Å²) in [6, 6.07) is 17.4. The molecule has 8 heteroatoms. The summed E-state index contributed by atoms with van der Waals surface area (Å²) in [7, 11) is 0. The van der Waals surface area contributed by atoms with Crippen LogP contribution in [0.5, 0.6) is 0 Å². The molecular formula is C21H20N6O2. The first-order valence-electron chi connectivity index (χ1n) is 9.61. The lowest BCUT2D eigenvalue weighted by Crippen LogP contribution is -2.48. The van der Waals surface area contributed by atoms with Crippen molar-refractivity contribution in [2.75, 3.05) is 26.2 Å². The number of hydrogen-bond donors (Lipinski definition) is 1. The molecule has 1 aliphatic heterocycles. The van der Waals surface area contributed by atoms with E-state index in [4.69, 9.17) is 4.52 Å². The molecule has 0 atom stereocenters. The van der Waals surface area contributed by atoms with Crippen LogP contribution in [0.4, 0.5) is 0 Å². The van der Waals surface area contributed by atoms with Gasteiger partial charge in [-0.05, 0) is 6.07 Å². The Labute approximate surface area is 167 Å². The van der Waals surface area contributed by atoms with Gasteiger partial charge in [-0.1, -0.05) is 53.7 Å². The van der Waals surface area contributed by atoms with E-state index in [2.05, 4.69) is 25.2 Å². The Kier molecular flexibility index (Phi) is 4.53. The Bertz CT molecular complexity index is 1130. The molecule has 8 nitrogen and oxygen atoms in total. The van der Waals surface area contributed by atoms with Gasteiger partial charge in [-0.25, -0.2) is 0 Å². The second kappa shape index (κ2) is 7.48. The van der Waals surface area contributed by atoms with Crippen molar-refractivity contribution >= 4 is 16.8 Å². The molecule has 0 aliphatic carbocycles. The highest BCUT2D eigenvalue weighted by molar-refractivity contribution is 6.04. The van der Waals surface area contributed by atoms with Crippen molar-refractivity contribution in [3.63, 3.8) is 0 Å². The summed E-state index contributed by atoms with van der Waals surface area (Å²) in [6.07, 6.45) is 0. The Morgan fingerprint density at radius 1 is 1.00 bits per heavy atom. The lowest BCUT2D eigenvalue weighted by molar-refractivity contribution is 0.0611. The van der Waals surface area contributed by atoms with E-state index in [1.807, 2.05) is 59.5 Å². The Hall–Kier alpha value is -3.52. The smallest absolute Gasteiger partial charge is 0.275 e. The number of rotatable bonds is 4. The molecule has 3 heterocycles. The molecule has 1 amide bonds. The van der Waals surface area contributed by atoms with Crippen LogP contribution in [0.15, 0.2) is 59.1 Å². The normalized spacial score (nSPS) is 15.1. The van der Waals surface area contributed by atoms with Gasteiger partial charge in [0.15, 0.2) is 5.69 Å². The minimum atomic E-state index is -0.0359. The maximum atomic E-state index is 12.9. The molecule has 0 saturated carbocycles. The third-order valence-electron chi connectivity index (χ3n) is 5.19. The van der Waals surface area contributed by atoms with Crippen molar-refractivity contribution in [2.45, 2.75) is 6.54 Å². The number of nitrogens with one attached hydrogen (secondary N) is 1. The minimum absolute atomic E-state index is 0.0359. The fraction of sp³-hybridized carbons (Fsp3) is 0.238. The summed E-state index contributed by atoms with van der Waals surface area (Å²) in [6.45, 7) is 3.35.